The van der Waals surface area contributed by atoms with Gasteiger partial charge in [-0.1, -0.05) is 12.1 Å². The molecule has 0 bridgehead atoms. The summed E-state index contributed by atoms with van der Waals surface area (Å²) in [5, 5.41) is 2.47. The van der Waals surface area contributed by atoms with E-state index >= 15 is 0 Å². The number of halogens is 4. The molecule has 0 saturated heterocycles. The molecule has 0 atom stereocenters. The van der Waals surface area contributed by atoms with Gasteiger partial charge in [-0.2, -0.15) is 18.2 Å². The van der Waals surface area contributed by atoms with Crippen molar-refractivity contribution in [3.8, 4) is 11.6 Å². The van der Waals surface area contributed by atoms with Gasteiger partial charge >= 0.3 is 6.18 Å². The summed E-state index contributed by atoms with van der Waals surface area (Å²) in [5.41, 5.74) is -1.07. The Labute approximate surface area is 121 Å². The maximum absolute atomic E-state index is 12.7. The van der Waals surface area contributed by atoms with Crippen LogP contribution in [0.1, 0.15) is 5.69 Å². The van der Waals surface area contributed by atoms with Crippen molar-refractivity contribution >= 4 is 21.9 Å². The summed E-state index contributed by atoms with van der Waals surface area (Å²) in [4.78, 5) is 7.18. The Bertz CT molecular complexity index is 619. The second-order valence-electron chi connectivity index (χ2n) is 3.70. The number of para-hydroxylation sites is 1. The summed E-state index contributed by atoms with van der Waals surface area (Å²) >= 11 is 3.24. The third-order valence-corrected chi connectivity index (χ3v) is 2.92. The standard InChI is InChI=1S/C12H9BrF3N3O/c1-17-11-18-9(12(14,15)16)6-10(19-11)20-8-5-3-2-4-7(8)13/h2-6H,1H3,(H,17,18,19). The Balaban J connectivity index is 2.39. The predicted octanol–water partition coefficient (Wildman–Crippen LogP) is 4.09. The van der Waals surface area contributed by atoms with E-state index in [4.69, 9.17) is 4.74 Å². The lowest BCUT2D eigenvalue weighted by atomic mass is 10.3. The first-order chi connectivity index (χ1) is 9.40. The van der Waals surface area contributed by atoms with Gasteiger partial charge in [0.15, 0.2) is 5.69 Å². The van der Waals surface area contributed by atoms with E-state index in [0.29, 0.717) is 10.2 Å². The third-order valence-electron chi connectivity index (χ3n) is 2.27. The fraction of sp³-hybridized carbons (Fsp3) is 0.167. The molecule has 0 amide bonds. The zero-order valence-electron chi connectivity index (χ0n) is 10.2. The number of nitrogens with one attached hydrogen (secondary N) is 1. The minimum absolute atomic E-state index is 0.165. The van der Waals surface area contributed by atoms with Gasteiger partial charge in [0, 0.05) is 13.1 Å². The molecule has 1 N–H and O–H groups in total. The second kappa shape index (κ2) is 5.66. The van der Waals surface area contributed by atoms with Crippen LogP contribution in [0.3, 0.4) is 0 Å². The van der Waals surface area contributed by atoms with Crippen molar-refractivity contribution in [1.82, 2.24) is 9.97 Å². The summed E-state index contributed by atoms with van der Waals surface area (Å²) in [7, 11) is 1.43. The molecule has 2 aromatic rings. The van der Waals surface area contributed by atoms with E-state index in [1.54, 1.807) is 24.3 Å². The molecule has 8 heteroatoms. The van der Waals surface area contributed by atoms with Crippen LogP contribution in [0.15, 0.2) is 34.8 Å². The third kappa shape index (κ3) is 3.38. The highest BCUT2D eigenvalue weighted by Crippen LogP contribution is 2.33. The van der Waals surface area contributed by atoms with Crippen LogP contribution >= 0.6 is 15.9 Å². The molecule has 0 aliphatic heterocycles. The van der Waals surface area contributed by atoms with Crippen LogP contribution in [-0.4, -0.2) is 17.0 Å². The summed E-state index contributed by atoms with van der Waals surface area (Å²) in [6.45, 7) is 0. The number of anilines is 1. The second-order valence-corrected chi connectivity index (χ2v) is 4.55. The number of hydrogen-bond donors (Lipinski definition) is 1. The first kappa shape index (κ1) is 14.6. The lowest BCUT2D eigenvalue weighted by Crippen LogP contribution is -2.11. The quantitative estimate of drug-likeness (QED) is 0.908. The fourth-order valence-electron chi connectivity index (χ4n) is 1.37. The summed E-state index contributed by atoms with van der Waals surface area (Å²) < 4.78 is 44.1. The molecule has 0 unspecified atom stereocenters. The topological polar surface area (TPSA) is 47.0 Å². The van der Waals surface area contributed by atoms with Gasteiger partial charge in [-0.05, 0) is 28.1 Å². The molecule has 4 nitrogen and oxygen atoms in total. The Morgan fingerprint density at radius 3 is 2.50 bits per heavy atom. The van der Waals surface area contributed by atoms with Gasteiger partial charge < -0.3 is 10.1 Å². The molecule has 106 valence electrons. The molecule has 1 aromatic heterocycles. The Hall–Kier alpha value is -1.83. The number of nitrogens with zero attached hydrogens (tertiary/aromatic N) is 2. The van der Waals surface area contributed by atoms with E-state index < -0.39 is 11.9 Å². The summed E-state index contributed by atoms with van der Waals surface area (Å²) in [5.74, 6) is 0.00633. The number of alkyl halides is 3. The summed E-state index contributed by atoms with van der Waals surface area (Å²) in [6.07, 6.45) is -4.57. The highest BCUT2D eigenvalue weighted by molar-refractivity contribution is 9.10. The Morgan fingerprint density at radius 2 is 1.90 bits per heavy atom. The van der Waals surface area contributed by atoms with E-state index in [-0.39, 0.29) is 11.8 Å². The van der Waals surface area contributed by atoms with Gasteiger partial charge in [0.2, 0.25) is 11.8 Å². The Morgan fingerprint density at radius 1 is 1.20 bits per heavy atom. The smallest absolute Gasteiger partial charge is 0.433 e. The molecule has 0 aliphatic carbocycles. The van der Waals surface area contributed by atoms with E-state index in [1.807, 2.05) is 0 Å². The van der Waals surface area contributed by atoms with Gasteiger partial charge in [-0.15, -0.1) is 0 Å². The molecule has 2 rings (SSSR count). The van der Waals surface area contributed by atoms with Crippen molar-refractivity contribution in [1.29, 1.82) is 0 Å². The van der Waals surface area contributed by atoms with Gasteiger partial charge in [0.25, 0.3) is 0 Å². The zero-order chi connectivity index (χ0) is 14.8. The van der Waals surface area contributed by atoms with Crippen molar-refractivity contribution < 1.29 is 17.9 Å². The average Bonchev–Trinajstić information content (AvgIpc) is 2.40. The molecule has 20 heavy (non-hydrogen) atoms. The molecule has 0 spiro atoms. The molecule has 1 aromatic carbocycles. The molecule has 0 saturated carbocycles. The monoisotopic (exact) mass is 347 g/mol. The maximum Gasteiger partial charge on any atom is 0.433 e. The van der Waals surface area contributed by atoms with E-state index in [9.17, 15) is 13.2 Å². The molecule has 1 heterocycles. The minimum Gasteiger partial charge on any atom is -0.438 e. The first-order valence-corrected chi connectivity index (χ1v) is 6.26. The summed E-state index contributed by atoms with van der Waals surface area (Å²) in [6, 6.07) is 7.53. The number of aromatic nitrogens is 2. The van der Waals surface area contributed by atoms with Gasteiger partial charge in [-0.25, -0.2) is 4.98 Å². The van der Waals surface area contributed by atoms with Crippen molar-refractivity contribution in [3.05, 3.63) is 40.5 Å². The van der Waals surface area contributed by atoms with Crippen LogP contribution in [0.25, 0.3) is 0 Å². The van der Waals surface area contributed by atoms with E-state index in [2.05, 4.69) is 31.2 Å². The highest BCUT2D eigenvalue weighted by atomic mass is 79.9. The van der Waals surface area contributed by atoms with Crippen LogP contribution in [0.5, 0.6) is 11.6 Å². The van der Waals surface area contributed by atoms with Crippen LogP contribution in [0, 0.1) is 0 Å². The molecule has 0 radical (unpaired) electrons. The van der Waals surface area contributed by atoms with Crippen molar-refractivity contribution in [3.63, 3.8) is 0 Å². The van der Waals surface area contributed by atoms with Gasteiger partial charge in [0.05, 0.1) is 4.47 Å². The van der Waals surface area contributed by atoms with E-state index in [1.165, 1.54) is 7.05 Å². The van der Waals surface area contributed by atoms with Crippen molar-refractivity contribution in [2.75, 3.05) is 12.4 Å². The fourth-order valence-corrected chi connectivity index (χ4v) is 1.74. The highest BCUT2D eigenvalue weighted by Gasteiger charge is 2.34. The lowest BCUT2D eigenvalue weighted by molar-refractivity contribution is -0.141. The molecule has 0 aliphatic rings. The van der Waals surface area contributed by atoms with Crippen LogP contribution in [0.2, 0.25) is 0 Å². The number of ether oxygens (including phenoxy) is 1. The normalized spacial score (nSPS) is 11.2. The first-order valence-electron chi connectivity index (χ1n) is 5.46. The van der Waals surface area contributed by atoms with Crippen LogP contribution < -0.4 is 10.1 Å². The van der Waals surface area contributed by atoms with E-state index in [0.717, 1.165) is 6.07 Å². The number of benzene rings is 1. The Kier molecular flexibility index (Phi) is 4.12. The molecular weight excluding hydrogens is 339 g/mol. The van der Waals surface area contributed by atoms with Gasteiger partial charge in [0.1, 0.15) is 5.75 Å². The number of hydrogen-bond acceptors (Lipinski definition) is 4. The SMILES string of the molecule is CNc1nc(Oc2ccccc2Br)cc(C(F)(F)F)n1. The number of rotatable bonds is 3. The van der Waals surface area contributed by atoms with Crippen molar-refractivity contribution in [2.24, 2.45) is 0 Å². The van der Waals surface area contributed by atoms with Crippen LogP contribution in [-0.2, 0) is 6.18 Å². The van der Waals surface area contributed by atoms with Crippen molar-refractivity contribution in [2.45, 2.75) is 6.18 Å². The lowest BCUT2D eigenvalue weighted by Gasteiger charge is -2.11. The maximum atomic E-state index is 12.7. The minimum atomic E-state index is -4.57. The largest absolute Gasteiger partial charge is 0.438 e. The van der Waals surface area contributed by atoms with Gasteiger partial charge in [-0.3, -0.25) is 0 Å². The molecular formula is C12H9BrF3N3O. The zero-order valence-corrected chi connectivity index (χ0v) is 11.8. The molecule has 0 fully saturated rings. The average molecular weight is 348 g/mol. The van der Waals surface area contributed by atoms with Crippen LogP contribution in [0.4, 0.5) is 19.1 Å². The predicted molar refractivity (Wildman–Crippen MR) is 70.8 cm³/mol.